The number of aromatic nitrogens is 1. The molecule has 0 aliphatic carbocycles. The van der Waals surface area contributed by atoms with E-state index in [4.69, 9.17) is 14.0 Å². The predicted octanol–water partition coefficient (Wildman–Crippen LogP) is 4.06. The van der Waals surface area contributed by atoms with Gasteiger partial charge >= 0.3 is 0 Å². The smallest absolute Gasteiger partial charge is 0.277 e. The number of carbonyl (C=O) groups is 1. The molecular weight excluding hydrogens is 339 g/mol. The average molecular weight is 356 g/mol. The number of nitrogens with one attached hydrogen (secondary N) is 1. The fourth-order valence-corrected chi connectivity index (χ4v) is 2.35. The van der Waals surface area contributed by atoms with Gasteiger partial charge < -0.3 is 19.3 Å². The van der Waals surface area contributed by atoms with Gasteiger partial charge in [0.15, 0.2) is 11.5 Å². The molecule has 0 radical (unpaired) electrons. The molecule has 3 rings (SSSR count). The molecule has 134 valence electrons. The molecule has 0 aliphatic rings. The highest BCUT2D eigenvalue weighted by Crippen LogP contribution is 2.30. The molecule has 0 saturated heterocycles. The van der Waals surface area contributed by atoms with Gasteiger partial charge in [-0.05, 0) is 30.7 Å². The van der Waals surface area contributed by atoms with E-state index < -0.39 is 5.91 Å². The van der Waals surface area contributed by atoms with E-state index in [0.717, 1.165) is 0 Å². The van der Waals surface area contributed by atoms with E-state index in [1.54, 1.807) is 37.3 Å². The van der Waals surface area contributed by atoms with Crippen LogP contribution in [0.1, 0.15) is 16.1 Å². The summed E-state index contributed by atoms with van der Waals surface area (Å²) in [5.41, 5.74) is 1.56. The van der Waals surface area contributed by atoms with E-state index in [1.165, 1.54) is 26.4 Å². The normalized spacial score (nSPS) is 10.5. The van der Waals surface area contributed by atoms with Gasteiger partial charge in [0, 0.05) is 17.7 Å². The van der Waals surface area contributed by atoms with Gasteiger partial charge in [-0.2, -0.15) is 0 Å². The molecular formula is C19H17FN2O4. The zero-order valence-corrected chi connectivity index (χ0v) is 14.5. The Hall–Kier alpha value is -3.35. The largest absolute Gasteiger partial charge is 0.497 e. The van der Waals surface area contributed by atoms with Crippen molar-refractivity contribution in [1.82, 2.24) is 5.16 Å². The van der Waals surface area contributed by atoms with Crippen LogP contribution >= 0.6 is 0 Å². The Bertz CT molecular complexity index is 952. The van der Waals surface area contributed by atoms with Crippen molar-refractivity contribution >= 4 is 11.6 Å². The quantitative estimate of drug-likeness (QED) is 0.746. The van der Waals surface area contributed by atoms with Gasteiger partial charge in [0.25, 0.3) is 5.91 Å². The molecule has 1 aromatic heterocycles. The van der Waals surface area contributed by atoms with Crippen LogP contribution < -0.4 is 14.8 Å². The number of amides is 1. The average Bonchev–Trinajstić information content (AvgIpc) is 3.14. The lowest BCUT2D eigenvalue weighted by Crippen LogP contribution is -2.13. The number of methoxy groups -OCH3 is 2. The summed E-state index contributed by atoms with van der Waals surface area (Å²) in [5.74, 6) is 0.520. The summed E-state index contributed by atoms with van der Waals surface area (Å²) >= 11 is 0. The van der Waals surface area contributed by atoms with Gasteiger partial charge in [-0.15, -0.1) is 0 Å². The molecule has 26 heavy (non-hydrogen) atoms. The molecule has 3 aromatic rings. The van der Waals surface area contributed by atoms with Crippen LogP contribution in [0, 0.1) is 12.7 Å². The number of anilines is 1. The minimum Gasteiger partial charge on any atom is -0.497 e. The summed E-state index contributed by atoms with van der Waals surface area (Å²) < 4.78 is 29.2. The van der Waals surface area contributed by atoms with Gasteiger partial charge in [-0.1, -0.05) is 17.3 Å². The number of nitrogens with zero attached hydrogens (tertiary/aromatic N) is 1. The van der Waals surface area contributed by atoms with Gasteiger partial charge in [0.05, 0.1) is 19.9 Å². The first-order valence-corrected chi connectivity index (χ1v) is 7.78. The molecule has 6 nitrogen and oxygen atoms in total. The Labute approximate surface area is 149 Å². The van der Waals surface area contributed by atoms with Crippen LogP contribution in [0.25, 0.3) is 11.3 Å². The van der Waals surface area contributed by atoms with Crippen molar-refractivity contribution in [3.05, 3.63) is 59.5 Å². The van der Waals surface area contributed by atoms with E-state index in [-0.39, 0.29) is 11.5 Å². The topological polar surface area (TPSA) is 73.6 Å². The maximum atomic E-state index is 13.7. The minimum atomic E-state index is -0.476. The van der Waals surface area contributed by atoms with E-state index in [0.29, 0.717) is 34.1 Å². The van der Waals surface area contributed by atoms with E-state index in [2.05, 4.69) is 10.5 Å². The number of halogens is 1. The number of rotatable bonds is 5. The van der Waals surface area contributed by atoms with Crippen LogP contribution in [-0.4, -0.2) is 25.3 Å². The van der Waals surface area contributed by atoms with Gasteiger partial charge in [-0.3, -0.25) is 4.79 Å². The lowest BCUT2D eigenvalue weighted by molar-refractivity contribution is 0.101. The SMILES string of the molecule is COc1ccc(NC(=O)c2cc(-c3ccc(C)c(F)c3)on2)c(OC)c1. The first-order chi connectivity index (χ1) is 12.5. The summed E-state index contributed by atoms with van der Waals surface area (Å²) in [6.07, 6.45) is 0. The highest BCUT2D eigenvalue weighted by Gasteiger charge is 2.16. The van der Waals surface area contributed by atoms with Gasteiger partial charge in [0.2, 0.25) is 0 Å². The minimum absolute atomic E-state index is 0.0684. The first-order valence-electron chi connectivity index (χ1n) is 7.78. The number of benzene rings is 2. The third-order valence-electron chi connectivity index (χ3n) is 3.86. The molecule has 0 aliphatic heterocycles. The Balaban J connectivity index is 1.81. The van der Waals surface area contributed by atoms with E-state index >= 15 is 0 Å². The first kappa shape index (κ1) is 17.5. The third-order valence-corrected chi connectivity index (χ3v) is 3.86. The molecule has 0 saturated carbocycles. The third kappa shape index (κ3) is 3.51. The number of hydrogen-bond donors (Lipinski definition) is 1. The molecule has 0 unspecified atom stereocenters. The summed E-state index contributed by atoms with van der Waals surface area (Å²) in [4.78, 5) is 12.4. The van der Waals surface area contributed by atoms with Crippen LogP contribution in [0.2, 0.25) is 0 Å². The predicted molar refractivity (Wildman–Crippen MR) is 94.1 cm³/mol. The summed E-state index contributed by atoms with van der Waals surface area (Å²) in [5, 5.41) is 6.45. The maximum absolute atomic E-state index is 13.7. The summed E-state index contributed by atoms with van der Waals surface area (Å²) in [6, 6.07) is 11.1. The second kappa shape index (κ2) is 7.26. The molecule has 0 atom stereocenters. The Kier molecular flexibility index (Phi) is 4.88. The molecule has 0 spiro atoms. The van der Waals surface area contributed by atoms with Crippen LogP contribution in [-0.2, 0) is 0 Å². The molecule has 7 heteroatoms. The lowest BCUT2D eigenvalue weighted by Gasteiger charge is -2.10. The van der Waals surface area contributed by atoms with E-state index in [1.807, 2.05) is 0 Å². The monoisotopic (exact) mass is 356 g/mol. The zero-order valence-electron chi connectivity index (χ0n) is 14.5. The fourth-order valence-electron chi connectivity index (χ4n) is 2.35. The summed E-state index contributed by atoms with van der Waals surface area (Å²) in [7, 11) is 3.03. The van der Waals surface area contributed by atoms with Crippen molar-refractivity contribution in [1.29, 1.82) is 0 Å². The number of ether oxygens (including phenoxy) is 2. The Morgan fingerprint density at radius 3 is 2.62 bits per heavy atom. The Morgan fingerprint density at radius 2 is 1.92 bits per heavy atom. The standard InChI is InChI=1S/C19H17FN2O4/c1-11-4-5-12(8-14(11)20)17-10-16(22-26-17)19(23)21-15-7-6-13(24-2)9-18(15)25-3/h4-10H,1-3H3,(H,21,23). The van der Waals surface area contributed by atoms with E-state index in [9.17, 15) is 9.18 Å². The highest BCUT2D eigenvalue weighted by atomic mass is 19.1. The van der Waals surface area contributed by atoms with Crippen LogP contribution in [0.15, 0.2) is 47.0 Å². The van der Waals surface area contributed by atoms with Crippen molar-refractivity contribution in [3.63, 3.8) is 0 Å². The van der Waals surface area contributed by atoms with Crippen LogP contribution in [0.5, 0.6) is 11.5 Å². The van der Waals surface area contributed by atoms with Crippen LogP contribution in [0.3, 0.4) is 0 Å². The van der Waals surface area contributed by atoms with Gasteiger partial charge in [0.1, 0.15) is 17.3 Å². The number of aryl methyl sites for hydroxylation is 1. The van der Waals surface area contributed by atoms with Crippen molar-refractivity contribution in [2.45, 2.75) is 6.92 Å². The maximum Gasteiger partial charge on any atom is 0.277 e. The fraction of sp³-hybridized carbons (Fsp3) is 0.158. The summed E-state index contributed by atoms with van der Waals surface area (Å²) in [6.45, 7) is 1.67. The second-order valence-corrected chi connectivity index (χ2v) is 5.56. The molecule has 1 heterocycles. The molecule has 2 aromatic carbocycles. The van der Waals surface area contributed by atoms with Crippen molar-refractivity contribution in [2.75, 3.05) is 19.5 Å². The molecule has 0 bridgehead atoms. The van der Waals surface area contributed by atoms with Crippen molar-refractivity contribution in [3.8, 4) is 22.8 Å². The highest BCUT2D eigenvalue weighted by molar-refractivity contribution is 6.04. The number of carbonyl (C=O) groups excluding carboxylic acids is 1. The van der Waals surface area contributed by atoms with Gasteiger partial charge in [-0.25, -0.2) is 4.39 Å². The molecule has 1 amide bonds. The lowest BCUT2D eigenvalue weighted by atomic mass is 10.1. The van der Waals surface area contributed by atoms with Crippen LogP contribution in [0.4, 0.5) is 10.1 Å². The van der Waals surface area contributed by atoms with Crippen molar-refractivity contribution in [2.24, 2.45) is 0 Å². The molecule has 0 fully saturated rings. The Morgan fingerprint density at radius 1 is 1.12 bits per heavy atom. The second-order valence-electron chi connectivity index (χ2n) is 5.56. The van der Waals surface area contributed by atoms with Crippen molar-refractivity contribution < 1.29 is 23.2 Å². The molecule has 1 N–H and O–H groups in total. The number of hydrogen-bond acceptors (Lipinski definition) is 5. The zero-order chi connectivity index (χ0) is 18.7.